The second-order valence-electron chi connectivity index (χ2n) is 4.05. The molecule has 0 radical (unpaired) electrons. The van der Waals surface area contributed by atoms with Crippen molar-refractivity contribution in [3.05, 3.63) is 17.8 Å². The number of carbonyl (C=O) groups is 1. The van der Waals surface area contributed by atoms with Crippen LogP contribution in [-0.4, -0.2) is 50.0 Å². The number of hydrogen-bond acceptors (Lipinski definition) is 6. The maximum absolute atomic E-state index is 11.5. The zero-order valence-corrected chi connectivity index (χ0v) is 11.6. The SMILES string of the molecule is CN(C)S(=O)(=O)CCNc1ncc(N)cc1C(N)=O. The summed E-state index contributed by atoms with van der Waals surface area (Å²) < 4.78 is 24.2. The number of nitrogen functional groups attached to an aromatic ring is 1. The minimum Gasteiger partial charge on any atom is -0.397 e. The van der Waals surface area contributed by atoms with E-state index in [-0.39, 0.29) is 23.7 Å². The first-order valence-electron chi connectivity index (χ1n) is 5.43. The monoisotopic (exact) mass is 287 g/mol. The molecule has 9 heteroatoms. The Bertz CT molecular complexity index is 571. The average Bonchev–Trinajstić information content (AvgIpc) is 2.30. The van der Waals surface area contributed by atoms with Crippen LogP contribution in [0.2, 0.25) is 0 Å². The lowest BCUT2D eigenvalue weighted by Crippen LogP contribution is -2.29. The van der Waals surface area contributed by atoms with E-state index in [4.69, 9.17) is 11.5 Å². The second kappa shape index (κ2) is 5.85. The lowest BCUT2D eigenvalue weighted by Gasteiger charge is -2.13. The van der Waals surface area contributed by atoms with E-state index in [0.717, 1.165) is 4.31 Å². The van der Waals surface area contributed by atoms with Crippen molar-refractivity contribution >= 4 is 27.4 Å². The molecule has 0 unspecified atom stereocenters. The molecule has 8 nitrogen and oxygen atoms in total. The van der Waals surface area contributed by atoms with Gasteiger partial charge in [-0.2, -0.15) is 0 Å². The Morgan fingerprint density at radius 1 is 1.47 bits per heavy atom. The quantitative estimate of drug-likeness (QED) is 0.619. The zero-order valence-electron chi connectivity index (χ0n) is 10.8. The minimum absolute atomic E-state index is 0.109. The highest BCUT2D eigenvalue weighted by Gasteiger charge is 2.14. The Hall–Kier alpha value is -1.87. The molecule has 0 spiro atoms. The third kappa shape index (κ3) is 4.07. The predicted molar refractivity (Wildman–Crippen MR) is 73.1 cm³/mol. The maximum atomic E-state index is 11.5. The van der Waals surface area contributed by atoms with Gasteiger partial charge >= 0.3 is 0 Å². The third-order valence-electron chi connectivity index (χ3n) is 2.38. The van der Waals surface area contributed by atoms with E-state index in [1.807, 2.05) is 0 Å². The number of sulfonamides is 1. The Morgan fingerprint density at radius 3 is 2.63 bits per heavy atom. The van der Waals surface area contributed by atoms with Crippen LogP contribution in [0.3, 0.4) is 0 Å². The van der Waals surface area contributed by atoms with Gasteiger partial charge in [-0.3, -0.25) is 4.79 Å². The fraction of sp³-hybridized carbons (Fsp3) is 0.400. The van der Waals surface area contributed by atoms with Crippen LogP contribution in [0, 0.1) is 0 Å². The topological polar surface area (TPSA) is 131 Å². The summed E-state index contributed by atoms with van der Waals surface area (Å²) in [5, 5.41) is 2.76. The molecule has 0 aliphatic carbocycles. The highest BCUT2D eigenvalue weighted by atomic mass is 32.2. The summed E-state index contributed by atoms with van der Waals surface area (Å²) in [6.45, 7) is 0.109. The molecule has 1 heterocycles. The van der Waals surface area contributed by atoms with Gasteiger partial charge < -0.3 is 16.8 Å². The molecule has 1 amide bonds. The van der Waals surface area contributed by atoms with E-state index in [0.29, 0.717) is 5.69 Å². The fourth-order valence-corrected chi connectivity index (χ4v) is 2.02. The molecule has 0 saturated heterocycles. The van der Waals surface area contributed by atoms with E-state index < -0.39 is 15.9 Å². The van der Waals surface area contributed by atoms with Crippen LogP contribution in [-0.2, 0) is 10.0 Å². The van der Waals surface area contributed by atoms with Gasteiger partial charge in [0, 0.05) is 20.6 Å². The summed E-state index contributed by atoms with van der Waals surface area (Å²) in [7, 11) is -0.407. The van der Waals surface area contributed by atoms with Crippen LogP contribution in [0.1, 0.15) is 10.4 Å². The molecule has 0 atom stereocenters. The first-order valence-corrected chi connectivity index (χ1v) is 7.04. The number of nitrogens with one attached hydrogen (secondary N) is 1. The van der Waals surface area contributed by atoms with Gasteiger partial charge in [0.2, 0.25) is 10.0 Å². The standard InChI is InChI=1S/C10H17N5O3S/c1-15(2)19(17,18)4-3-13-10-8(9(12)16)5-7(11)6-14-10/h5-6H,3-4,11H2,1-2H3,(H2,12,16)(H,13,14). The largest absolute Gasteiger partial charge is 0.397 e. The molecular formula is C10H17N5O3S. The van der Waals surface area contributed by atoms with Gasteiger partial charge in [0.05, 0.1) is 23.2 Å². The van der Waals surface area contributed by atoms with E-state index in [2.05, 4.69) is 10.3 Å². The second-order valence-corrected chi connectivity index (χ2v) is 6.36. The molecule has 1 rings (SSSR count). The van der Waals surface area contributed by atoms with E-state index >= 15 is 0 Å². The van der Waals surface area contributed by atoms with Gasteiger partial charge in [-0.1, -0.05) is 0 Å². The molecular weight excluding hydrogens is 270 g/mol. The number of pyridine rings is 1. The number of rotatable bonds is 6. The third-order valence-corrected chi connectivity index (χ3v) is 4.22. The van der Waals surface area contributed by atoms with Crippen LogP contribution >= 0.6 is 0 Å². The fourth-order valence-electron chi connectivity index (χ4n) is 1.29. The molecule has 5 N–H and O–H groups in total. The van der Waals surface area contributed by atoms with Gasteiger partial charge in [0.15, 0.2) is 0 Å². The highest BCUT2D eigenvalue weighted by Crippen LogP contribution is 2.14. The molecule has 106 valence electrons. The normalized spacial score (nSPS) is 11.5. The van der Waals surface area contributed by atoms with Gasteiger partial charge in [-0.15, -0.1) is 0 Å². The van der Waals surface area contributed by atoms with E-state index in [1.54, 1.807) is 0 Å². The summed E-state index contributed by atoms with van der Waals surface area (Å²) in [5.41, 5.74) is 11.1. The Labute approximate surface area is 111 Å². The van der Waals surface area contributed by atoms with Crippen molar-refractivity contribution in [3.63, 3.8) is 0 Å². The van der Waals surface area contributed by atoms with E-state index in [9.17, 15) is 13.2 Å². The smallest absolute Gasteiger partial charge is 0.252 e. The first-order chi connectivity index (χ1) is 8.74. The first kappa shape index (κ1) is 15.2. The van der Waals surface area contributed by atoms with Gasteiger partial charge in [-0.05, 0) is 6.07 Å². The summed E-state index contributed by atoms with van der Waals surface area (Å²) in [4.78, 5) is 15.1. The highest BCUT2D eigenvalue weighted by molar-refractivity contribution is 7.89. The molecule has 0 saturated carbocycles. The average molecular weight is 287 g/mol. The zero-order chi connectivity index (χ0) is 14.6. The van der Waals surface area contributed by atoms with Gasteiger partial charge in [0.25, 0.3) is 5.91 Å². The molecule has 0 aliphatic heterocycles. The minimum atomic E-state index is -3.31. The van der Waals surface area contributed by atoms with Gasteiger partial charge in [-0.25, -0.2) is 17.7 Å². The van der Waals surface area contributed by atoms with Crippen LogP contribution < -0.4 is 16.8 Å². The summed E-state index contributed by atoms with van der Waals surface area (Å²) in [6, 6.07) is 1.39. The molecule has 0 aliphatic rings. The van der Waals surface area contributed by atoms with Crippen molar-refractivity contribution in [2.45, 2.75) is 0 Å². The lowest BCUT2D eigenvalue weighted by atomic mass is 10.2. The van der Waals surface area contributed by atoms with Crippen molar-refractivity contribution in [2.24, 2.45) is 5.73 Å². The molecule has 0 bridgehead atoms. The Balaban J connectivity index is 2.77. The van der Waals surface area contributed by atoms with Crippen molar-refractivity contribution < 1.29 is 13.2 Å². The van der Waals surface area contributed by atoms with Crippen molar-refractivity contribution in [1.29, 1.82) is 0 Å². The molecule has 1 aromatic heterocycles. The number of nitrogens with two attached hydrogens (primary N) is 2. The number of amides is 1. The molecule has 0 aromatic carbocycles. The van der Waals surface area contributed by atoms with E-state index in [1.165, 1.54) is 26.4 Å². The number of nitrogens with zero attached hydrogens (tertiary/aromatic N) is 2. The van der Waals surface area contributed by atoms with Crippen molar-refractivity contribution in [1.82, 2.24) is 9.29 Å². The van der Waals surface area contributed by atoms with Gasteiger partial charge in [0.1, 0.15) is 5.82 Å². The van der Waals surface area contributed by atoms with Crippen LogP contribution in [0.4, 0.5) is 11.5 Å². The number of anilines is 2. The Morgan fingerprint density at radius 2 is 2.11 bits per heavy atom. The van der Waals surface area contributed by atoms with Crippen LogP contribution in [0.15, 0.2) is 12.3 Å². The number of hydrogen-bond donors (Lipinski definition) is 3. The van der Waals surface area contributed by atoms with Crippen molar-refractivity contribution in [3.8, 4) is 0 Å². The molecule has 19 heavy (non-hydrogen) atoms. The summed E-state index contributed by atoms with van der Waals surface area (Å²) in [5.74, 6) is -0.585. The lowest BCUT2D eigenvalue weighted by molar-refractivity contribution is 0.100. The van der Waals surface area contributed by atoms with Crippen LogP contribution in [0.25, 0.3) is 0 Å². The number of carbonyl (C=O) groups excluding carboxylic acids is 1. The summed E-state index contributed by atoms with van der Waals surface area (Å²) >= 11 is 0. The molecule has 0 fully saturated rings. The maximum Gasteiger partial charge on any atom is 0.252 e. The predicted octanol–water partition coefficient (Wildman–Crippen LogP) is -0.934. The molecule has 1 aromatic rings. The number of aromatic nitrogens is 1. The Kier molecular flexibility index (Phi) is 4.67. The van der Waals surface area contributed by atoms with Crippen molar-refractivity contribution in [2.75, 3.05) is 37.4 Å². The number of primary amides is 1. The van der Waals surface area contributed by atoms with Crippen LogP contribution in [0.5, 0.6) is 0 Å². The summed E-state index contributed by atoms with van der Waals surface area (Å²) in [6.07, 6.45) is 1.36.